The molecule has 0 radical (unpaired) electrons. The number of halogens is 1. The molecule has 114 valence electrons. The summed E-state index contributed by atoms with van der Waals surface area (Å²) in [5.74, 6) is -1.21. The van der Waals surface area contributed by atoms with E-state index >= 15 is 0 Å². The van der Waals surface area contributed by atoms with Crippen molar-refractivity contribution in [2.45, 2.75) is 17.9 Å². The molecule has 1 aromatic carbocycles. The van der Waals surface area contributed by atoms with E-state index in [-0.39, 0.29) is 28.5 Å². The molecule has 0 saturated carbocycles. The lowest BCUT2D eigenvalue weighted by Gasteiger charge is -2.32. The van der Waals surface area contributed by atoms with Gasteiger partial charge in [0.25, 0.3) is 0 Å². The number of carbonyl (C=O) groups excluding carboxylic acids is 1. The summed E-state index contributed by atoms with van der Waals surface area (Å²) in [4.78, 5) is 11.0. The highest BCUT2D eigenvalue weighted by atomic mass is 32.2. The highest BCUT2D eigenvalue weighted by Crippen LogP contribution is 2.25. The fraction of sp³-hybridized carbons (Fsp3) is 0.333. The molecule has 21 heavy (non-hydrogen) atoms. The maximum atomic E-state index is 13.8. The van der Waals surface area contributed by atoms with Gasteiger partial charge in [-0.1, -0.05) is 18.3 Å². The number of amides is 1. The largest absolute Gasteiger partial charge is 0.389 e. The highest BCUT2D eigenvalue weighted by molar-refractivity contribution is 7.89. The molecule has 1 aromatic rings. The van der Waals surface area contributed by atoms with Gasteiger partial charge in [0, 0.05) is 13.1 Å². The van der Waals surface area contributed by atoms with Gasteiger partial charge >= 0.3 is 0 Å². The molecule has 2 rings (SSSR count). The summed E-state index contributed by atoms with van der Waals surface area (Å²) < 4.78 is 40.2. The van der Waals surface area contributed by atoms with E-state index in [4.69, 9.17) is 18.0 Å². The first kappa shape index (κ1) is 15.8. The molecule has 1 heterocycles. The van der Waals surface area contributed by atoms with Crippen molar-refractivity contribution in [3.63, 3.8) is 0 Å². The zero-order valence-electron chi connectivity index (χ0n) is 11.2. The molecular weight excluding hydrogens is 317 g/mol. The number of nitrogens with two attached hydrogens (primary N) is 1. The maximum Gasteiger partial charge on any atom is 0.244 e. The van der Waals surface area contributed by atoms with Crippen molar-refractivity contribution in [1.82, 2.24) is 9.62 Å². The molecule has 1 amide bonds. The number of nitrogens with one attached hydrogen (secondary N) is 1. The molecule has 1 atom stereocenters. The van der Waals surface area contributed by atoms with E-state index in [0.717, 1.165) is 10.4 Å². The lowest BCUT2D eigenvalue weighted by Crippen LogP contribution is -2.55. The monoisotopic (exact) mass is 331 g/mol. The lowest BCUT2D eigenvalue weighted by atomic mass is 10.2. The van der Waals surface area contributed by atoms with Gasteiger partial charge in [-0.25, -0.2) is 12.8 Å². The Morgan fingerprint density at radius 1 is 1.52 bits per heavy atom. The third-order valence-electron chi connectivity index (χ3n) is 3.25. The molecule has 1 aliphatic heterocycles. The number of hydrogen-bond donors (Lipinski definition) is 2. The number of sulfonamides is 1. The third-order valence-corrected chi connectivity index (χ3v) is 5.47. The van der Waals surface area contributed by atoms with E-state index in [1.54, 1.807) is 0 Å². The van der Waals surface area contributed by atoms with Gasteiger partial charge in [-0.3, -0.25) is 4.79 Å². The molecule has 0 aromatic heterocycles. The molecule has 9 heteroatoms. The van der Waals surface area contributed by atoms with Crippen LogP contribution >= 0.6 is 12.2 Å². The van der Waals surface area contributed by atoms with Crippen LogP contribution < -0.4 is 11.1 Å². The van der Waals surface area contributed by atoms with Gasteiger partial charge in [0.05, 0.1) is 10.5 Å². The summed E-state index contributed by atoms with van der Waals surface area (Å²) in [5, 5.41) is 2.56. The molecule has 1 unspecified atom stereocenters. The van der Waals surface area contributed by atoms with Gasteiger partial charge < -0.3 is 11.1 Å². The molecule has 0 bridgehead atoms. The van der Waals surface area contributed by atoms with Crippen molar-refractivity contribution in [1.29, 1.82) is 0 Å². The first-order chi connectivity index (χ1) is 9.76. The Morgan fingerprint density at radius 3 is 2.81 bits per heavy atom. The lowest BCUT2D eigenvalue weighted by molar-refractivity contribution is -0.126. The third kappa shape index (κ3) is 2.76. The Labute approximate surface area is 127 Å². The van der Waals surface area contributed by atoms with Gasteiger partial charge in [-0.2, -0.15) is 4.31 Å². The summed E-state index contributed by atoms with van der Waals surface area (Å²) in [6.45, 7) is 1.76. The van der Waals surface area contributed by atoms with Crippen LogP contribution in [0.25, 0.3) is 0 Å². The molecule has 1 fully saturated rings. The Balaban J connectivity index is 2.57. The van der Waals surface area contributed by atoms with Crippen LogP contribution in [0.2, 0.25) is 0 Å². The van der Waals surface area contributed by atoms with E-state index in [0.29, 0.717) is 0 Å². The molecule has 0 spiro atoms. The van der Waals surface area contributed by atoms with Crippen molar-refractivity contribution >= 4 is 33.1 Å². The number of hydrogen-bond acceptors (Lipinski definition) is 4. The minimum absolute atomic E-state index is 0.0997. The van der Waals surface area contributed by atoms with E-state index < -0.39 is 27.8 Å². The van der Waals surface area contributed by atoms with E-state index in [2.05, 4.69) is 5.32 Å². The first-order valence-electron chi connectivity index (χ1n) is 6.14. The predicted molar refractivity (Wildman–Crippen MR) is 78.7 cm³/mol. The second-order valence-corrected chi connectivity index (χ2v) is 6.86. The molecular formula is C12H14FN3O3S2. The quantitative estimate of drug-likeness (QED) is 0.759. The van der Waals surface area contributed by atoms with Crippen LogP contribution in [-0.4, -0.2) is 42.8 Å². The Hall–Kier alpha value is -1.58. The maximum absolute atomic E-state index is 13.8. The molecule has 0 aliphatic carbocycles. The van der Waals surface area contributed by atoms with Crippen LogP contribution in [0.4, 0.5) is 4.39 Å². The standard InChI is InChI=1S/C12H14FN3O3S2/c1-7-12(17)15-5-6-16(7)21(18,19)9-4-2-3-8(13)10(9)11(14)20/h2-4,7H,5-6H2,1H3,(H2,14,20)(H,15,17). The average Bonchev–Trinajstić information content (AvgIpc) is 2.41. The zero-order chi connectivity index (χ0) is 15.8. The van der Waals surface area contributed by atoms with Crippen molar-refractivity contribution in [2.24, 2.45) is 5.73 Å². The van der Waals surface area contributed by atoms with Gasteiger partial charge in [-0.05, 0) is 19.1 Å². The molecule has 1 saturated heterocycles. The number of carbonyl (C=O) groups is 1. The van der Waals surface area contributed by atoms with Crippen LogP contribution in [0.1, 0.15) is 12.5 Å². The minimum atomic E-state index is -4.08. The van der Waals surface area contributed by atoms with Crippen molar-refractivity contribution in [3.8, 4) is 0 Å². The molecule has 1 aliphatic rings. The van der Waals surface area contributed by atoms with Crippen molar-refractivity contribution in [3.05, 3.63) is 29.6 Å². The van der Waals surface area contributed by atoms with Crippen molar-refractivity contribution < 1.29 is 17.6 Å². The summed E-state index contributed by atoms with van der Waals surface area (Å²) in [7, 11) is -4.08. The van der Waals surface area contributed by atoms with Crippen LogP contribution in [0.5, 0.6) is 0 Å². The second-order valence-electron chi connectivity index (χ2n) is 4.56. The number of benzene rings is 1. The number of nitrogens with zero attached hydrogens (tertiary/aromatic N) is 1. The second kappa shape index (κ2) is 5.66. The fourth-order valence-electron chi connectivity index (χ4n) is 2.17. The van der Waals surface area contributed by atoms with Crippen LogP contribution in [0, 0.1) is 5.82 Å². The average molecular weight is 331 g/mol. The fourth-order valence-corrected chi connectivity index (χ4v) is 4.26. The Kier molecular flexibility index (Phi) is 4.26. The number of thiocarbonyl (C=S) groups is 1. The Bertz CT molecular complexity index is 706. The number of rotatable bonds is 3. The minimum Gasteiger partial charge on any atom is -0.389 e. The zero-order valence-corrected chi connectivity index (χ0v) is 12.8. The first-order valence-corrected chi connectivity index (χ1v) is 7.99. The van der Waals surface area contributed by atoms with E-state index in [9.17, 15) is 17.6 Å². The predicted octanol–water partition coefficient (Wildman–Crippen LogP) is -0.0311. The summed E-state index contributed by atoms with van der Waals surface area (Å²) in [6, 6.07) is 2.69. The SMILES string of the molecule is CC1C(=O)NCCN1S(=O)(=O)c1cccc(F)c1C(N)=S. The normalized spacial score (nSPS) is 20.1. The Morgan fingerprint density at radius 2 is 2.19 bits per heavy atom. The smallest absolute Gasteiger partial charge is 0.244 e. The topological polar surface area (TPSA) is 92.5 Å². The van der Waals surface area contributed by atoms with Gasteiger partial charge in [0.15, 0.2) is 0 Å². The summed E-state index contributed by atoms with van der Waals surface area (Å²) >= 11 is 4.74. The summed E-state index contributed by atoms with van der Waals surface area (Å²) in [5.41, 5.74) is 5.10. The van der Waals surface area contributed by atoms with Crippen LogP contribution in [0.15, 0.2) is 23.1 Å². The number of piperazine rings is 1. The molecule has 3 N–H and O–H groups in total. The van der Waals surface area contributed by atoms with E-state index in [1.807, 2.05) is 0 Å². The summed E-state index contributed by atoms with van der Waals surface area (Å²) in [6.07, 6.45) is 0. The van der Waals surface area contributed by atoms with Crippen molar-refractivity contribution in [2.75, 3.05) is 13.1 Å². The van der Waals surface area contributed by atoms with E-state index in [1.165, 1.54) is 19.1 Å². The highest BCUT2D eigenvalue weighted by Gasteiger charge is 2.37. The van der Waals surface area contributed by atoms with Crippen LogP contribution in [0.3, 0.4) is 0 Å². The van der Waals surface area contributed by atoms with Gasteiger partial charge in [0.1, 0.15) is 16.8 Å². The van der Waals surface area contributed by atoms with Gasteiger partial charge in [-0.15, -0.1) is 0 Å². The molecule has 6 nitrogen and oxygen atoms in total. The van der Waals surface area contributed by atoms with Gasteiger partial charge in [0.2, 0.25) is 15.9 Å². The van der Waals surface area contributed by atoms with Crippen LogP contribution in [-0.2, 0) is 14.8 Å².